The average Bonchev–Trinajstić information content (AvgIpc) is 2.30. The summed E-state index contributed by atoms with van der Waals surface area (Å²) in [5.41, 5.74) is 0.318. The van der Waals surface area contributed by atoms with Crippen LogP contribution >= 0.6 is 0 Å². The smallest absolute Gasteiger partial charge is 0.422 e. The Hall–Kier alpha value is -1.07. The lowest BCUT2D eigenvalue weighted by atomic mass is 9.86. The van der Waals surface area contributed by atoms with Crippen molar-refractivity contribution >= 4 is 18.5 Å². The van der Waals surface area contributed by atoms with Crippen LogP contribution in [0.3, 0.4) is 0 Å². The Balaban J connectivity index is 2.16. The third kappa shape index (κ3) is 2.49. The lowest BCUT2D eigenvalue weighted by Gasteiger charge is -2.27. The van der Waals surface area contributed by atoms with E-state index in [9.17, 15) is 0 Å². The first-order chi connectivity index (χ1) is 7.27. The first-order valence-electron chi connectivity index (χ1n) is 5.35. The van der Waals surface area contributed by atoms with E-state index in [4.69, 9.17) is 10.0 Å². The van der Waals surface area contributed by atoms with Crippen molar-refractivity contribution in [1.29, 1.82) is 0 Å². The molecule has 0 spiro atoms. The van der Waals surface area contributed by atoms with E-state index >= 15 is 0 Å². The van der Waals surface area contributed by atoms with Crippen LogP contribution in [0.2, 0.25) is 0 Å². The summed E-state index contributed by atoms with van der Waals surface area (Å²) in [4.78, 5) is 6.41. The molecule has 1 aliphatic heterocycles. The van der Waals surface area contributed by atoms with Crippen LogP contribution in [0, 0.1) is 0 Å². The Bertz CT molecular complexity index is 327. The number of aromatic nitrogens is 1. The van der Waals surface area contributed by atoms with Gasteiger partial charge in [0, 0.05) is 13.1 Å². The number of piperidine rings is 1. The van der Waals surface area contributed by atoms with Crippen molar-refractivity contribution in [2.45, 2.75) is 19.3 Å². The Kier molecular flexibility index (Phi) is 3.23. The maximum atomic E-state index is 9.02. The van der Waals surface area contributed by atoms with Gasteiger partial charge in [-0.1, -0.05) is 6.07 Å². The van der Waals surface area contributed by atoms with E-state index in [0.717, 1.165) is 18.9 Å². The number of pyridine rings is 1. The van der Waals surface area contributed by atoms with Gasteiger partial charge in [0.05, 0.1) is 5.59 Å². The molecule has 0 amide bonds. The summed E-state index contributed by atoms with van der Waals surface area (Å²) < 4.78 is 0. The fraction of sp³-hybridized carbons (Fsp3) is 0.500. The van der Waals surface area contributed by atoms with Gasteiger partial charge < -0.3 is 14.9 Å². The van der Waals surface area contributed by atoms with Crippen molar-refractivity contribution in [3.63, 3.8) is 0 Å². The van der Waals surface area contributed by atoms with Gasteiger partial charge >= 0.3 is 7.12 Å². The monoisotopic (exact) mass is 206 g/mol. The standard InChI is InChI=1S/C10H15BN2O2/c14-11(15)9-5-4-6-10(12-9)13-7-2-1-3-8-13/h4-6,14-15H,1-3,7-8H2. The van der Waals surface area contributed by atoms with Gasteiger partial charge in [-0.05, 0) is 31.4 Å². The number of rotatable bonds is 2. The van der Waals surface area contributed by atoms with Crippen LogP contribution < -0.4 is 10.5 Å². The molecule has 4 nitrogen and oxygen atoms in total. The Morgan fingerprint density at radius 3 is 2.53 bits per heavy atom. The second kappa shape index (κ2) is 4.64. The molecule has 1 aliphatic rings. The maximum absolute atomic E-state index is 9.02. The molecule has 0 aromatic carbocycles. The van der Waals surface area contributed by atoms with E-state index in [1.54, 1.807) is 6.07 Å². The van der Waals surface area contributed by atoms with Crippen LogP contribution in [-0.2, 0) is 0 Å². The molecule has 80 valence electrons. The molecule has 2 rings (SSSR count). The van der Waals surface area contributed by atoms with E-state index < -0.39 is 7.12 Å². The van der Waals surface area contributed by atoms with Crippen LogP contribution in [0.5, 0.6) is 0 Å². The van der Waals surface area contributed by atoms with Crippen molar-refractivity contribution in [3.8, 4) is 0 Å². The fourth-order valence-corrected chi connectivity index (χ4v) is 1.88. The lowest BCUT2D eigenvalue weighted by Crippen LogP contribution is -2.36. The van der Waals surface area contributed by atoms with Gasteiger partial charge in [-0.25, -0.2) is 4.98 Å². The molecule has 1 aromatic heterocycles. The highest BCUT2D eigenvalue weighted by atomic mass is 16.4. The number of hydrogen-bond acceptors (Lipinski definition) is 4. The highest BCUT2D eigenvalue weighted by Crippen LogP contribution is 2.15. The molecule has 0 atom stereocenters. The van der Waals surface area contributed by atoms with Crippen molar-refractivity contribution in [2.75, 3.05) is 18.0 Å². The normalized spacial score (nSPS) is 16.5. The molecule has 0 radical (unpaired) electrons. The second-order valence-electron chi connectivity index (χ2n) is 3.84. The minimum atomic E-state index is -1.48. The summed E-state index contributed by atoms with van der Waals surface area (Å²) in [5.74, 6) is 0.848. The zero-order valence-electron chi connectivity index (χ0n) is 8.63. The van der Waals surface area contributed by atoms with E-state index in [0.29, 0.717) is 5.59 Å². The van der Waals surface area contributed by atoms with Crippen molar-refractivity contribution in [2.24, 2.45) is 0 Å². The van der Waals surface area contributed by atoms with Gasteiger partial charge in [-0.2, -0.15) is 0 Å². The highest BCUT2D eigenvalue weighted by molar-refractivity contribution is 6.57. The van der Waals surface area contributed by atoms with Crippen molar-refractivity contribution < 1.29 is 10.0 Å². The Morgan fingerprint density at radius 1 is 1.13 bits per heavy atom. The molecule has 2 N–H and O–H groups in total. The SMILES string of the molecule is OB(O)c1cccc(N2CCCCC2)n1. The van der Waals surface area contributed by atoms with Crippen LogP contribution in [0.4, 0.5) is 5.82 Å². The number of anilines is 1. The van der Waals surface area contributed by atoms with E-state index in [1.165, 1.54) is 19.3 Å². The van der Waals surface area contributed by atoms with Crippen molar-refractivity contribution in [1.82, 2.24) is 4.98 Å². The summed E-state index contributed by atoms with van der Waals surface area (Å²) in [5, 5.41) is 18.0. The van der Waals surface area contributed by atoms with E-state index in [2.05, 4.69) is 9.88 Å². The third-order valence-electron chi connectivity index (χ3n) is 2.70. The topological polar surface area (TPSA) is 56.6 Å². The fourth-order valence-electron chi connectivity index (χ4n) is 1.88. The molecule has 1 aromatic rings. The molecule has 0 saturated carbocycles. The second-order valence-corrected chi connectivity index (χ2v) is 3.84. The van der Waals surface area contributed by atoms with Gasteiger partial charge in [0.2, 0.25) is 0 Å². The zero-order chi connectivity index (χ0) is 10.7. The molecule has 5 heteroatoms. The quantitative estimate of drug-likeness (QED) is 0.655. The van der Waals surface area contributed by atoms with Gasteiger partial charge in [0.25, 0.3) is 0 Å². The Labute approximate surface area is 89.7 Å². The van der Waals surface area contributed by atoms with Crippen LogP contribution in [0.15, 0.2) is 18.2 Å². The van der Waals surface area contributed by atoms with Gasteiger partial charge in [-0.3, -0.25) is 0 Å². The molecular formula is C10H15BN2O2. The number of nitrogens with zero attached hydrogens (tertiary/aromatic N) is 2. The molecule has 1 fully saturated rings. The van der Waals surface area contributed by atoms with Gasteiger partial charge in [-0.15, -0.1) is 0 Å². The molecule has 0 unspecified atom stereocenters. The average molecular weight is 206 g/mol. The molecule has 2 heterocycles. The summed E-state index contributed by atoms with van der Waals surface area (Å²) in [7, 11) is -1.48. The largest absolute Gasteiger partial charge is 0.508 e. The minimum absolute atomic E-state index is 0.318. The maximum Gasteiger partial charge on any atom is 0.508 e. The van der Waals surface area contributed by atoms with Gasteiger partial charge in [0.15, 0.2) is 0 Å². The molecule has 0 bridgehead atoms. The molecule has 0 aliphatic carbocycles. The zero-order valence-corrected chi connectivity index (χ0v) is 8.63. The Morgan fingerprint density at radius 2 is 1.87 bits per heavy atom. The first-order valence-corrected chi connectivity index (χ1v) is 5.35. The summed E-state index contributed by atoms with van der Waals surface area (Å²) >= 11 is 0. The molecule has 1 saturated heterocycles. The minimum Gasteiger partial charge on any atom is -0.422 e. The van der Waals surface area contributed by atoms with E-state index in [1.807, 2.05) is 12.1 Å². The van der Waals surface area contributed by atoms with Crippen LogP contribution in [0.25, 0.3) is 0 Å². The first kappa shape index (κ1) is 10.5. The predicted molar refractivity (Wildman–Crippen MR) is 60.1 cm³/mol. The highest BCUT2D eigenvalue weighted by Gasteiger charge is 2.16. The number of hydrogen-bond donors (Lipinski definition) is 2. The summed E-state index contributed by atoms with van der Waals surface area (Å²) in [6.07, 6.45) is 3.65. The summed E-state index contributed by atoms with van der Waals surface area (Å²) in [6, 6.07) is 5.35. The van der Waals surface area contributed by atoms with Crippen LogP contribution in [0.1, 0.15) is 19.3 Å². The third-order valence-corrected chi connectivity index (χ3v) is 2.70. The van der Waals surface area contributed by atoms with Crippen molar-refractivity contribution in [3.05, 3.63) is 18.2 Å². The van der Waals surface area contributed by atoms with Gasteiger partial charge in [0.1, 0.15) is 5.82 Å². The summed E-state index contributed by atoms with van der Waals surface area (Å²) in [6.45, 7) is 2.02. The van der Waals surface area contributed by atoms with Crippen LogP contribution in [-0.4, -0.2) is 35.2 Å². The molecule has 15 heavy (non-hydrogen) atoms. The predicted octanol–water partition coefficient (Wildman–Crippen LogP) is -0.248. The molecular weight excluding hydrogens is 191 g/mol. The lowest BCUT2D eigenvalue weighted by molar-refractivity contribution is 0.424. The van der Waals surface area contributed by atoms with E-state index in [-0.39, 0.29) is 0 Å².